The van der Waals surface area contributed by atoms with E-state index in [1.165, 1.54) is 5.56 Å². The summed E-state index contributed by atoms with van der Waals surface area (Å²) in [5, 5.41) is 0. The summed E-state index contributed by atoms with van der Waals surface area (Å²) in [5.41, 5.74) is 1.41. The third-order valence-electron chi connectivity index (χ3n) is 1.47. The second-order valence-corrected chi connectivity index (χ2v) is 6.03. The molecule has 0 N–H and O–H groups in total. The fourth-order valence-corrected chi connectivity index (χ4v) is 0.838. The Morgan fingerprint density at radius 2 is 0.773 bits per heavy atom. The Bertz CT molecular complexity index is 220. The molecule has 0 fully saturated rings. The van der Waals surface area contributed by atoms with Gasteiger partial charge in [-0.2, -0.15) is 0 Å². The predicted molar refractivity (Wildman–Crippen MR) is 113 cm³/mol. The Morgan fingerprint density at radius 1 is 0.545 bits per heavy atom. The van der Waals surface area contributed by atoms with Gasteiger partial charge >= 0.3 is 0 Å². The third-order valence-corrected chi connectivity index (χ3v) is 1.47. The average molecular weight is 315 g/mol. The Labute approximate surface area is 145 Å². The highest BCUT2D eigenvalue weighted by Crippen LogP contribution is 2.11. The van der Waals surface area contributed by atoms with Crippen LogP contribution < -0.4 is 0 Å². The average Bonchev–Trinajstić information content (AvgIpc) is 2.31. The van der Waals surface area contributed by atoms with E-state index in [9.17, 15) is 0 Å². The minimum absolute atomic E-state index is 0. The zero-order chi connectivity index (χ0) is 15.8. The van der Waals surface area contributed by atoms with Gasteiger partial charge in [0.25, 0.3) is 0 Å². The van der Waals surface area contributed by atoms with Crippen LogP contribution in [0.4, 0.5) is 0 Å². The summed E-state index contributed by atoms with van der Waals surface area (Å²) >= 11 is 0. The molecule has 0 aromatic heterocycles. The van der Waals surface area contributed by atoms with E-state index in [4.69, 9.17) is 0 Å². The lowest BCUT2D eigenvalue weighted by Gasteiger charge is -2.01. The van der Waals surface area contributed by atoms with Crippen molar-refractivity contribution in [2.75, 3.05) is 0 Å². The van der Waals surface area contributed by atoms with Gasteiger partial charge in [0.1, 0.15) is 0 Å². The topological polar surface area (TPSA) is 0 Å². The molecular formula is C22H50. The van der Waals surface area contributed by atoms with Crippen LogP contribution in [0.3, 0.4) is 0 Å². The predicted octanol–water partition coefficient (Wildman–Crippen LogP) is 9.07. The van der Waals surface area contributed by atoms with Gasteiger partial charge in [0.2, 0.25) is 0 Å². The Balaban J connectivity index is -0.0000000430. The molecule has 0 aliphatic rings. The summed E-state index contributed by atoms with van der Waals surface area (Å²) in [5.74, 6) is 2.33. The Kier molecular flexibility index (Phi) is 48.3. The van der Waals surface area contributed by atoms with E-state index in [-0.39, 0.29) is 22.3 Å². The van der Waals surface area contributed by atoms with Crippen LogP contribution >= 0.6 is 0 Å². The van der Waals surface area contributed by atoms with Gasteiger partial charge in [0.15, 0.2) is 0 Å². The summed E-state index contributed by atoms with van der Waals surface area (Å²) in [6, 6.07) is 10.5. The second kappa shape index (κ2) is 28.4. The lowest BCUT2D eigenvalue weighted by atomic mass is 10.0. The zero-order valence-electron chi connectivity index (χ0n) is 15.1. The first-order valence-electron chi connectivity index (χ1n) is 7.82. The van der Waals surface area contributed by atoms with Gasteiger partial charge < -0.3 is 0 Å². The van der Waals surface area contributed by atoms with E-state index in [2.05, 4.69) is 79.7 Å². The molecule has 0 saturated heterocycles. The normalized spacial score (nSPS) is 7.68. The van der Waals surface area contributed by atoms with Gasteiger partial charge in [-0.25, -0.2) is 0 Å². The van der Waals surface area contributed by atoms with Crippen molar-refractivity contribution >= 4 is 0 Å². The van der Waals surface area contributed by atoms with Gasteiger partial charge in [-0.05, 0) is 23.3 Å². The van der Waals surface area contributed by atoms with Crippen molar-refractivity contribution in [3.8, 4) is 0 Å². The minimum atomic E-state index is 0. The molecule has 0 amide bonds. The maximum absolute atomic E-state index is 2.20. The van der Waals surface area contributed by atoms with Gasteiger partial charge in [-0.15, -0.1) is 0 Å². The van der Waals surface area contributed by atoms with Gasteiger partial charge in [0, 0.05) is 0 Å². The zero-order valence-corrected chi connectivity index (χ0v) is 15.1. The molecule has 138 valence electrons. The molecule has 0 nitrogen and oxygen atoms in total. The monoisotopic (exact) mass is 314 g/mol. The molecule has 0 atom stereocenters. The van der Waals surface area contributed by atoms with Crippen molar-refractivity contribution in [3.63, 3.8) is 0 Å². The first-order chi connectivity index (χ1) is 8.77. The standard InChI is InChI=1S/C9H12.2C4H10.C2H6.3CH4/c1-8(2)9-6-4-3-5-7-9;2*1-4(2)3;1-2;;;/h3-8H,1-2H3;2*4H,1-3H3;1-2H3;3*1H4. The van der Waals surface area contributed by atoms with Gasteiger partial charge in [0.05, 0.1) is 0 Å². The van der Waals surface area contributed by atoms with Crippen LogP contribution in [0.25, 0.3) is 0 Å². The fraction of sp³-hybridized carbons (Fsp3) is 0.727. The fourth-order valence-electron chi connectivity index (χ4n) is 0.838. The highest BCUT2D eigenvalue weighted by molar-refractivity contribution is 5.17. The summed E-state index contributed by atoms with van der Waals surface area (Å²) in [6.07, 6.45) is 0. The van der Waals surface area contributed by atoms with E-state index < -0.39 is 0 Å². The molecule has 0 heteroatoms. The van der Waals surface area contributed by atoms with Crippen LogP contribution in [0.15, 0.2) is 30.3 Å². The van der Waals surface area contributed by atoms with Crippen molar-refractivity contribution in [3.05, 3.63) is 35.9 Å². The Morgan fingerprint density at radius 3 is 0.909 bits per heavy atom. The molecule has 0 saturated carbocycles. The van der Waals surface area contributed by atoms with Crippen LogP contribution in [0.1, 0.15) is 103 Å². The first kappa shape index (κ1) is 37.5. The van der Waals surface area contributed by atoms with Gasteiger partial charge in [-0.1, -0.05) is 122 Å². The highest BCUT2D eigenvalue weighted by atomic mass is 14.0. The van der Waals surface area contributed by atoms with E-state index >= 15 is 0 Å². The van der Waals surface area contributed by atoms with E-state index in [0.29, 0.717) is 5.92 Å². The summed E-state index contributed by atoms with van der Waals surface area (Å²) < 4.78 is 0. The molecular weight excluding hydrogens is 264 g/mol. The Hall–Kier alpha value is -0.780. The number of hydrogen-bond acceptors (Lipinski definition) is 0. The van der Waals surface area contributed by atoms with Crippen molar-refractivity contribution < 1.29 is 0 Å². The maximum Gasteiger partial charge on any atom is -0.0219 e. The lowest BCUT2D eigenvalue weighted by Crippen LogP contribution is -1.83. The molecule has 0 aliphatic heterocycles. The third kappa shape index (κ3) is 50.7. The SMILES string of the molecule is C.C.C.CC.CC(C)C.CC(C)C.CC(C)c1ccccc1. The molecule has 1 aromatic rings. The quantitative estimate of drug-likeness (QED) is 0.485. The van der Waals surface area contributed by atoms with Crippen LogP contribution in [0.2, 0.25) is 0 Å². The molecule has 1 rings (SSSR count). The van der Waals surface area contributed by atoms with Crippen LogP contribution in [0, 0.1) is 11.8 Å². The van der Waals surface area contributed by atoms with Crippen molar-refractivity contribution in [1.82, 2.24) is 0 Å². The van der Waals surface area contributed by atoms with Crippen molar-refractivity contribution in [1.29, 1.82) is 0 Å². The summed E-state index contributed by atoms with van der Waals surface area (Å²) in [7, 11) is 0. The van der Waals surface area contributed by atoms with Crippen molar-refractivity contribution in [2.45, 2.75) is 97.4 Å². The van der Waals surface area contributed by atoms with Crippen molar-refractivity contribution in [2.24, 2.45) is 11.8 Å². The van der Waals surface area contributed by atoms with E-state index in [1.54, 1.807) is 0 Å². The minimum Gasteiger partial charge on any atom is -0.0776 e. The van der Waals surface area contributed by atoms with Crippen LogP contribution in [0.5, 0.6) is 0 Å². The smallest absolute Gasteiger partial charge is 0.0219 e. The highest BCUT2D eigenvalue weighted by Gasteiger charge is 1.93. The number of hydrogen-bond donors (Lipinski definition) is 0. The molecule has 1 aromatic carbocycles. The lowest BCUT2D eigenvalue weighted by molar-refractivity contribution is 0.736. The maximum atomic E-state index is 2.20. The van der Waals surface area contributed by atoms with E-state index in [0.717, 1.165) is 11.8 Å². The largest absolute Gasteiger partial charge is 0.0776 e. The molecule has 0 radical (unpaired) electrons. The van der Waals surface area contributed by atoms with Crippen LogP contribution in [-0.2, 0) is 0 Å². The van der Waals surface area contributed by atoms with Crippen LogP contribution in [-0.4, -0.2) is 0 Å². The molecule has 0 spiro atoms. The van der Waals surface area contributed by atoms with Gasteiger partial charge in [-0.3, -0.25) is 0 Å². The second-order valence-electron chi connectivity index (χ2n) is 6.03. The summed E-state index contributed by atoms with van der Waals surface area (Å²) in [4.78, 5) is 0. The summed E-state index contributed by atoms with van der Waals surface area (Å²) in [6.45, 7) is 21.4. The first-order valence-corrected chi connectivity index (χ1v) is 7.82. The molecule has 0 unspecified atom stereocenters. The number of rotatable bonds is 1. The molecule has 0 aliphatic carbocycles. The van der Waals surface area contributed by atoms with E-state index in [1.807, 2.05) is 19.9 Å². The molecule has 22 heavy (non-hydrogen) atoms. The molecule has 0 bridgehead atoms. The number of benzene rings is 1. The molecule has 0 heterocycles.